The zero-order chi connectivity index (χ0) is 15.7. The molecule has 3 rings (SSSR count). The van der Waals surface area contributed by atoms with Crippen molar-refractivity contribution in [3.63, 3.8) is 0 Å². The molecule has 7 nitrogen and oxygen atoms in total. The van der Waals surface area contributed by atoms with Crippen molar-refractivity contribution < 1.29 is 9.53 Å². The van der Waals surface area contributed by atoms with Gasteiger partial charge in [0.1, 0.15) is 6.10 Å². The topological polar surface area (TPSA) is 80.5 Å². The van der Waals surface area contributed by atoms with Crippen LogP contribution in [-0.2, 0) is 15.1 Å². The van der Waals surface area contributed by atoms with Crippen molar-refractivity contribution in [2.24, 2.45) is 0 Å². The van der Waals surface area contributed by atoms with Crippen molar-refractivity contribution in [1.82, 2.24) is 25.2 Å². The number of carbonyl (C=O) groups is 1. The average Bonchev–Trinajstić information content (AvgIpc) is 2.94. The lowest BCUT2D eigenvalue weighted by atomic mass is 10.0. The standard InChI is InChI=1S/C14H18ClN5O2/c1-14(2,17-12(21)10-8-16-5-7-22-10)13-19-18-11-9(15)4-3-6-20(11)13/h3-4,6,10,16H,5,7-8H2,1-2H3,(H,17,21)/t10-/m0/s1. The van der Waals surface area contributed by atoms with Crippen molar-refractivity contribution >= 4 is 23.2 Å². The number of hydrogen-bond donors (Lipinski definition) is 2. The molecular formula is C14H18ClN5O2. The second-order valence-electron chi connectivity index (χ2n) is 5.75. The predicted octanol–water partition coefficient (Wildman–Crippen LogP) is 0.722. The van der Waals surface area contributed by atoms with Gasteiger partial charge in [0.05, 0.1) is 17.2 Å². The molecule has 0 bridgehead atoms. The Bertz CT molecular complexity index is 694. The Labute approximate surface area is 133 Å². The van der Waals surface area contributed by atoms with Crippen LogP contribution in [0.1, 0.15) is 19.7 Å². The van der Waals surface area contributed by atoms with E-state index < -0.39 is 11.6 Å². The van der Waals surface area contributed by atoms with Crippen LogP contribution in [0, 0.1) is 0 Å². The first-order chi connectivity index (χ1) is 10.5. The summed E-state index contributed by atoms with van der Waals surface area (Å²) < 4.78 is 7.25. The van der Waals surface area contributed by atoms with Crippen LogP contribution in [0.4, 0.5) is 0 Å². The maximum Gasteiger partial charge on any atom is 0.251 e. The van der Waals surface area contributed by atoms with Crippen LogP contribution in [0.2, 0.25) is 5.02 Å². The molecular weight excluding hydrogens is 306 g/mol. The minimum Gasteiger partial charge on any atom is -0.366 e. The van der Waals surface area contributed by atoms with Crippen LogP contribution < -0.4 is 10.6 Å². The first-order valence-corrected chi connectivity index (χ1v) is 7.51. The second kappa shape index (κ2) is 5.83. The van der Waals surface area contributed by atoms with Crippen LogP contribution in [0.15, 0.2) is 18.3 Å². The largest absolute Gasteiger partial charge is 0.366 e. The van der Waals surface area contributed by atoms with Gasteiger partial charge in [-0.3, -0.25) is 9.20 Å². The molecule has 2 aromatic rings. The first-order valence-electron chi connectivity index (χ1n) is 7.13. The monoisotopic (exact) mass is 323 g/mol. The molecule has 0 unspecified atom stereocenters. The fourth-order valence-corrected chi connectivity index (χ4v) is 2.69. The highest BCUT2D eigenvalue weighted by atomic mass is 35.5. The van der Waals surface area contributed by atoms with Gasteiger partial charge in [0, 0.05) is 19.3 Å². The summed E-state index contributed by atoms with van der Waals surface area (Å²) >= 11 is 6.11. The lowest BCUT2D eigenvalue weighted by Gasteiger charge is -2.29. The van der Waals surface area contributed by atoms with Crippen LogP contribution >= 0.6 is 11.6 Å². The number of rotatable bonds is 3. The number of nitrogens with one attached hydrogen (secondary N) is 2. The minimum absolute atomic E-state index is 0.170. The van der Waals surface area contributed by atoms with E-state index in [2.05, 4.69) is 20.8 Å². The number of halogens is 1. The molecule has 1 saturated heterocycles. The maximum absolute atomic E-state index is 12.4. The van der Waals surface area contributed by atoms with Crippen molar-refractivity contribution in [3.8, 4) is 0 Å². The number of amides is 1. The van der Waals surface area contributed by atoms with E-state index in [1.807, 2.05) is 26.1 Å². The fourth-order valence-electron chi connectivity index (χ4n) is 2.49. The molecule has 1 atom stereocenters. The highest BCUT2D eigenvalue weighted by Gasteiger charge is 2.32. The Balaban J connectivity index is 1.84. The summed E-state index contributed by atoms with van der Waals surface area (Å²) in [4.78, 5) is 12.4. The lowest BCUT2D eigenvalue weighted by molar-refractivity contribution is -0.136. The highest BCUT2D eigenvalue weighted by Crippen LogP contribution is 2.22. The molecule has 1 amide bonds. The predicted molar refractivity (Wildman–Crippen MR) is 81.8 cm³/mol. The van der Waals surface area contributed by atoms with Gasteiger partial charge in [0.2, 0.25) is 0 Å². The SMILES string of the molecule is CC(C)(NC(=O)[C@@H]1CNCCO1)c1nnc2c(Cl)cccn12. The number of nitrogens with zero attached hydrogens (tertiary/aromatic N) is 3. The van der Waals surface area contributed by atoms with Crippen LogP contribution in [0.5, 0.6) is 0 Å². The quantitative estimate of drug-likeness (QED) is 0.870. The molecule has 0 radical (unpaired) electrons. The van der Waals surface area contributed by atoms with E-state index in [1.54, 1.807) is 10.5 Å². The van der Waals surface area contributed by atoms with E-state index in [-0.39, 0.29) is 5.91 Å². The Morgan fingerprint density at radius 2 is 2.36 bits per heavy atom. The van der Waals surface area contributed by atoms with Crippen molar-refractivity contribution in [2.45, 2.75) is 25.5 Å². The van der Waals surface area contributed by atoms with Gasteiger partial charge >= 0.3 is 0 Å². The lowest BCUT2D eigenvalue weighted by Crippen LogP contribution is -2.52. The molecule has 0 aromatic carbocycles. The third-order valence-corrected chi connectivity index (χ3v) is 3.90. The molecule has 1 fully saturated rings. The van der Waals surface area contributed by atoms with Crippen LogP contribution in [0.3, 0.4) is 0 Å². The highest BCUT2D eigenvalue weighted by molar-refractivity contribution is 6.33. The Hall–Kier alpha value is -1.70. The van der Waals surface area contributed by atoms with Gasteiger partial charge in [0.15, 0.2) is 11.5 Å². The van der Waals surface area contributed by atoms with Gasteiger partial charge in [0.25, 0.3) is 5.91 Å². The molecule has 22 heavy (non-hydrogen) atoms. The average molecular weight is 324 g/mol. The van der Waals surface area contributed by atoms with Crippen molar-refractivity contribution in [2.75, 3.05) is 19.7 Å². The molecule has 1 aliphatic heterocycles. The molecule has 8 heteroatoms. The molecule has 2 aromatic heterocycles. The maximum atomic E-state index is 12.4. The third-order valence-electron chi connectivity index (χ3n) is 3.60. The molecule has 0 saturated carbocycles. The van der Waals surface area contributed by atoms with Crippen LogP contribution in [-0.4, -0.2) is 46.3 Å². The number of morpholine rings is 1. The fraction of sp³-hybridized carbons (Fsp3) is 0.500. The minimum atomic E-state index is -0.706. The Morgan fingerprint density at radius 3 is 3.09 bits per heavy atom. The number of fused-ring (bicyclic) bond motifs is 1. The zero-order valence-electron chi connectivity index (χ0n) is 12.5. The summed E-state index contributed by atoms with van der Waals surface area (Å²) in [6, 6.07) is 3.57. The van der Waals surface area contributed by atoms with Crippen LogP contribution in [0.25, 0.3) is 5.65 Å². The van der Waals surface area contributed by atoms with Crippen molar-refractivity contribution in [1.29, 1.82) is 0 Å². The van der Waals surface area contributed by atoms with E-state index in [9.17, 15) is 4.79 Å². The van der Waals surface area contributed by atoms with Gasteiger partial charge in [-0.05, 0) is 26.0 Å². The van der Waals surface area contributed by atoms with Gasteiger partial charge in [-0.2, -0.15) is 0 Å². The number of carbonyl (C=O) groups excluding carboxylic acids is 1. The van der Waals surface area contributed by atoms with Crippen molar-refractivity contribution in [3.05, 3.63) is 29.2 Å². The van der Waals surface area contributed by atoms with E-state index in [0.717, 1.165) is 6.54 Å². The van der Waals surface area contributed by atoms with Gasteiger partial charge in [-0.15, -0.1) is 10.2 Å². The van der Waals surface area contributed by atoms with Gasteiger partial charge < -0.3 is 15.4 Å². The Kier molecular flexibility index (Phi) is 4.03. The molecule has 3 heterocycles. The van der Waals surface area contributed by atoms with E-state index in [1.165, 1.54) is 0 Å². The Morgan fingerprint density at radius 1 is 1.55 bits per heavy atom. The summed E-state index contributed by atoms with van der Waals surface area (Å²) in [5, 5.41) is 14.9. The zero-order valence-corrected chi connectivity index (χ0v) is 13.2. The second-order valence-corrected chi connectivity index (χ2v) is 6.16. The molecule has 0 aliphatic carbocycles. The summed E-state index contributed by atoms with van der Waals surface area (Å²) in [6.07, 6.45) is 1.33. The molecule has 1 aliphatic rings. The molecule has 2 N–H and O–H groups in total. The summed E-state index contributed by atoms with van der Waals surface area (Å²) in [7, 11) is 0. The van der Waals surface area contributed by atoms with E-state index in [0.29, 0.717) is 29.6 Å². The summed E-state index contributed by atoms with van der Waals surface area (Å²) in [5.41, 5.74) is -0.140. The van der Waals surface area contributed by atoms with E-state index >= 15 is 0 Å². The number of aromatic nitrogens is 3. The number of ether oxygens (including phenoxy) is 1. The normalized spacial score (nSPS) is 19.3. The molecule has 0 spiro atoms. The number of pyridine rings is 1. The van der Waals surface area contributed by atoms with Gasteiger partial charge in [-0.1, -0.05) is 11.6 Å². The third kappa shape index (κ3) is 2.79. The van der Waals surface area contributed by atoms with Gasteiger partial charge in [-0.25, -0.2) is 0 Å². The van der Waals surface area contributed by atoms with E-state index in [4.69, 9.17) is 16.3 Å². The first kappa shape index (κ1) is 15.2. The summed E-state index contributed by atoms with van der Waals surface area (Å²) in [5.74, 6) is 0.443. The summed E-state index contributed by atoms with van der Waals surface area (Å²) in [6.45, 7) is 5.55. The molecule has 118 valence electrons. The number of hydrogen-bond acceptors (Lipinski definition) is 5. The smallest absolute Gasteiger partial charge is 0.251 e.